The Bertz CT molecular complexity index is 1280. The van der Waals surface area contributed by atoms with Gasteiger partial charge in [-0.3, -0.25) is 10.1 Å². The van der Waals surface area contributed by atoms with Crippen LogP contribution < -0.4 is 20.7 Å². The number of anilines is 1. The predicted octanol–water partition coefficient (Wildman–Crippen LogP) is 2.44. The third-order valence-electron chi connectivity index (χ3n) is 4.65. The van der Waals surface area contributed by atoms with Crippen LogP contribution in [-0.2, 0) is 4.79 Å². The average molecular weight is 445 g/mol. The van der Waals surface area contributed by atoms with Crippen molar-refractivity contribution in [1.29, 1.82) is 0 Å². The molecule has 3 amide bonds. The molecule has 1 aromatic carbocycles. The van der Waals surface area contributed by atoms with E-state index in [0.29, 0.717) is 22.7 Å². The summed E-state index contributed by atoms with van der Waals surface area (Å²) >= 11 is 0. The lowest BCUT2D eigenvalue weighted by atomic mass is 10.2. The van der Waals surface area contributed by atoms with Crippen LogP contribution in [0.25, 0.3) is 23.1 Å². The molecule has 1 aliphatic heterocycles. The zero-order chi connectivity index (χ0) is 22.5. The van der Waals surface area contributed by atoms with Crippen molar-refractivity contribution in [2.75, 3.05) is 5.32 Å². The highest BCUT2D eigenvalue weighted by molar-refractivity contribution is 6.14. The number of ether oxygens (including phenoxy) is 1. The highest BCUT2D eigenvalue weighted by atomic mass is 19.4. The molecule has 3 heterocycles. The van der Waals surface area contributed by atoms with Crippen LogP contribution in [-0.4, -0.2) is 43.9 Å². The Kier molecular flexibility index (Phi) is 4.46. The first kappa shape index (κ1) is 19.8. The number of halogens is 3. The first-order chi connectivity index (χ1) is 15.2. The van der Waals surface area contributed by atoms with E-state index in [2.05, 4.69) is 35.8 Å². The van der Waals surface area contributed by atoms with Crippen LogP contribution in [0.3, 0.4) is 0 Å². The summed E-state index contributed by atoms with van der Waals surface area (Å²) in [6.07, 6.45) is -0.0945. The number of rotatable bonds is 5. The largest absolute Gasteiger partial charge is 0.573 e. The van der Waals surface area contributed by atoms with Gasteiger partial charge in [0.05, 0.1) is 6.20 Å². The van der Waals surface area contributed by atoms with Crippen LogP contribution in [0.5, 0.6) is 5.75 Å². The van der Waals surface area contributed by atoms with E-state index in [9.17, 15) is 22.8 Å². The third-order valence-corrected chi connectivity index (χ3v) is 4.65. The minimum Gasteiger partial charge on any atom is -0.406 e. The number of alkyl halides is 3. The van der Waals surface area contributed by atoms with Crippen LogP contribution in [0.15, 0.2) is 36.2 Å². The maximum absolute atomic E-state index is 12.6. The number of nitrogens with one attached hydrogen (secondary N) is 3. The molecule has 3 N–H and O–H groups in total. The highest BCUT2D eigenvalue weighted by Crippen LogP contribution is 2.29. The second-order valence-electron chi connectivity index (χ2n) is 7.17. The number of benzene rings is 1. The maximum Gasteiger partial charge on any atom is 0.573 e. The quantitative estimate of drug-likeness (QED) is 0.407. The fourth-order valence-electron chi connectivity index (χ4n) is 3.10. The normalized spacial score (nSPS) is 17.5. The summed E-state index contributed by atoms with van der Waals surface area (Å²) in [5.41, 5.74) is 1.01. The van der Waals surface area contributed by atoms with Gasteiger partial charge >= 0.3 is 12.4 Å². The van der Waals surface area contributed by atoms with Crippen molar-refractivity contribution in [2.24, 2.45) is 0 Å². The lowest BCUT2D eigenvalue weighted by molar-refractivity contribution is -0.274. The summed E-state index contributed by atoms with van der Waals surface area (Å²) in [6, 6.07) is 4.86. The van der Waals surface area contributed by atoms with Gasteiger partial charge in [0.2, 0.25) is 5.95 Å². The summed E-state index contributed by atoms with van der Waals surface area (Å²) in [5.74, 6) is -0.527. The van der Waals surface area contributed by atoms with Crippen LogP contribution in [0.4, 0.5) is 23.9 Å². The highest BCUT2D eigenvalue weighted by Gasteiger charge is 2.31. The second-order valence-corrected chi connectivity index (χ2v) is 7.17. The molecule has 164 valence electrons. The Hall–Kier alpha value is -4.16. The van der Waals surface area contributed by atoms with E-state index in [-0.39, 0.29) is 17.6 Å². The number of imide groups is 1. The van der Waals surface area contributed by atoms with Crippen molar-refractivity contribution in [2.45, 2.75) is 25.2 Å². The standard InChI is InChI=1S/C19H14F3N7O3/c20-19(21,22)32-12-3-1-2-9(6-12)14-26-15-10(7-13-16(30)28-18(31)25-13)8-23-29(15)17(27-14)24-11-4-5-11/h1-3,6-8,11H,4-5H2,(H,24,26,27)(H2,25,28,30,31)/b13-7-. The Morgan fingerprint density at radius 2 is 2.00 bits per heavy atom. The number of fused-ring (bicyclic) bond motifs is 1. The minimum atomic E-state index is -4.83. The maximum atomic E-state index is 12.6. The van der Waals surface area contributed by atoms with Crippen LogP contribution in [0, 0.1) is 0 Å². The molecule has 0 spiro atoms. The fourth-order valence-corrected chi connectivity index (χ4v) is 3.10. The molecular weight excluding hydrogens is 431 g/mol. The predicted molar refractivity (Wildman–Crippen MR) is 104 cm³/mol. The van der Waals surface area contributed by atoms with E-state index in [0.717, 1.165) is 12.8 Å². The second kappa shape index (κ2) is 7.21. The van der Waals surface area contributed by atoms with E-state index >= 15 is 0 Å². The molecule has 2 aliphatic rings. The lowest BCUT2D eigenvalue weighted by Gasteiger charge is -2.11. The molecule has 10 nitrogen and oxygen atoms in total. The van der Waals surface area contributed by atoms with Gasteiger partial charge in [0.1, 0.15) is 11.4 Å². The number of urea groups is 1. The summed E-state index contributed by atoms with van der Waals surface area (Å²) in [7, 11) is 0. The Morgan fingerprint density at radius 3 is 2.69 bits per heavy atom. The molecule has 1 saturated heterocycles. The van der Waals surface area contributed by atoms with Gasteiger partial charge in [0, 0.05) is 17.2 Å². The Balaban J connectivity index is 1.60. The number of hydrogen-bond donors (Lipinski definition) is 3. The lowest BCUT2D eigenvalue weighted by Crippen LogP contribution is -2.22. The SMILES string of the molecule is O=C1NC(=O)/C(=C/c2cnn3c(NC4CC4)nc(-c4cccc(OC(F)(F)F)c4)nc23)N1. The number of amides is 3. The monoisotopic (exact) mass is 445 g/mol. The van der Waals surface area contributed by atoms with Gasteiger partial charge < -0.3 is 15.4 Å². The Labute approximate surface area is 177 Å². The molecular formula is C19H14F3N7O3. The van der Waals surface area contributed by atoms with Gasteiger partial charge in [-0.05, 0) is 31.1 Å². The van der Waals surface area contributed by atoms with Crippen molar-refractivity contribution < 1.29 is 27.5 Å². The van der Waals surface area contributed by atoms with Gasteiger partial charge in [-0.1, -0.05) is 12.1 Å². The summed E-state index contributed by atoms with van der Waals surface area (Å²) in [6.45, 7) is 0. The molecule has 32 heavy (non-hydrogen) atoms. The average Bonchev–Trinajstić information content (AvgIpc) is 3.35. The van der Waals surface area contributed by atoms with Crippen LogP contribution in [0.2, 0.25) is 0 Å². The molecule has 2 fully saturated rings. The summed E-state index contributed by atoms with van der Waals surface area (Å²) < 4.78 is 43.3. The molecule has 5 rings (SSSR count). The molecule has 3 aromatic rings. The van der Waals surface area contributed by atoms with Crippen molar-refractivity contribution >= 4 is 29.6 Å². The van der Waals surface area contributed by atoms with Gasteiger partial charge in [0.25, 0.3) is 5.91 Å². The molecule has 0 bridgehead atoms. The number of hydrogen-bond acceptors (Lipinski definition) is 7. The number of nitrogens with zero attached hydrogens (tertiary/aromatic N) is 4. The molecule has 13 heteroatoms. The molecule has 1 saturated carbocycles. The van der Waals surface area contributed by atoms with Gasteiger partial charge in [-0.2, -0.15) is 14.6 Å². The number of aromatic nitrogens is 4. The zero-order valence-corrected chi connectivity index (χ0v) is 16.1. The van der Waals surface area contributed by atoms with Crippen molar-refractivity contribution in [3.63, 3.8) is 0 Å². The first-order valence-electron chi connectivity index (χ1n) is 9.48. The number of carbonyl (C=O) groups is 2. The van der Waals surface area contributed by atoms with Crippen molar-refractivity contribution in [3.8, 4) is 17.1 Å². The fraction of sp³-hybridized carbons (Fsp3) is 0.211. The van der Waals surface area contributed by atoms with E-state index in [1.165, 1.54) is 35.0 Å². The van der Waals surface area contributed by atoms with Crippen LogP contribution in [0.1, 0.15) is 18.4 Å². The van der Waals surface area contributed by atoms with Gasteiger partial charge in [0.15, 0.2) is 11.5 Å². The van der Waals surface area contributed by atoms with E-state index in [1.807, 2.05) is 0 Å². The summed E-state index contributed by atoms with van der Waals surface area (Å²) in [5, 5.41) is 11.9. The molecule has 0 radical (unpaired) electrons. The first-order valence-corrected chi connectivity index (χ1v) is 9.48. The van der Waals surface area contributed by atoms with Crippen LogP contribution >= 0.6 is 0 Å². The third kappa shape index (κ3) is 4.04. The zero-order valence-electron chi connectivity index (χ0n) is 16.1. The number of carbonyl (C=O) groups excluding carboxylic acids is 2. The topological polar surface area (TPSA) is 123 Å². The smallest absolute Gasteiger partial charge is 0.406 e. The van der Waals surface area contributed by atoms with E-state index < -0.39 is 24.1 Å². The van der Waals surface area contributed by atoms with Gasteiger partial charge in [-0.25, -0.2) is 9.78 Å². The Morgan fingerprint density at radius 1 is 1.19 bits per heavy atom. The minimum absolute atomic E-state index is 0.0161. The van der Waals surface area contributed by atoms with E-state index in [4.69, 9.17) is 0 Å². The van der Waals surface area contributed by atoms with Crippen molar-refractivity contribution in [1.82, 2.24) is 30.2 Å². The molecule has 2 aromatic heterocycles. The van der Waals surface area contributed by atoms with Gasteiger partial charge in [-0.15, -0.1) is 13.2 Å². The van der Waals surface area contributed by atoms with E-state index in [1.54, 1.807) is 6.07 Å². The molecule has 1 aliphatic carbocycles. The molecule has 0 unspecified atom stereocenters. The molecule has 0 atom stereocenters. The van der Waals surface area contributed by atoms with Crippen molar-refractivity contribution in [3.05, 3.63) is 41.7 Å². The summed E-state index contributed by atoms with van der Waals surface area (Å²) in [4.78, 5) is 32.1.